The minimum atomic E-state index is -3.30. The molecule has 1 rings (SSSR count). The van der Waals surface area contributed by atoms with E-state index in [9.17, 15) is 13.2 Å². The van der Waals surface area contributed by atoms with Crippen LogP contribution in [0.2, 0.25) is 0 Å². The maximum Gasteiger partial charge on any atom is 0.209 e. The molecular weight excluding hydrogens is 290 g/mol. The Morgan fingerprint density at radius 2 is 2.21 bits per heavy atom. The van der Waals surface area contributed by atoms with E-state index in [-0.39, 0.29) is 12.3 Å². The molecule has 1 heterocycles. The van der Waals surface area contributed by atoms with Crippen LogP contribution in [0.4, 0.5) is 0 Å². The molecule has 0 aromatic carbocycles. The van der Waals surface area contributed by atoms with Gasteiger partial charge in [0.05, 0.1) is 21.5 Å². The Hall–Kier alpha value is -0.240. The van der Waals surface area contributed by atoms with Crippen LogP contribution in [0.25, 0.3) is 0 Å². The van der Waals surface area contributed by atoms with Gasteiger partial charge in [-0.1, -0.05) is 0 Å². The summed E-state index contributed by atoms with van der Waals surface area (Å²) in [6.07, 6.45) is 1.02. The van der Waals surface area contributed by atoms with Crippen LogP contribution in [0.5, 0.6) is 0 Å². The van der Waals surface area contributed by atoms with Gasteiger partial charge in [-0.2, -0.15) is 0 Å². The van der Waals surface area contributed by atoms with E-state index in [0.29, 0.717) is 4.88 Å². The number of rotatable bonds is 4. The minimum absolute atomic E-state index is 0.189. The number of Topliss-reactive ketones (excluding diaryl/α,β-unsaturated/α-hetero) is 1. The van der Waals surface area contributed by atoms with Crippen LogP contribution in [0.1, 0.15) is 9.67 Å². The van der Waals surface area contributed by atoms with Crippen molar-refractivity contribution >= 4 is 43.1 Å². The van der Waals surface area contributed by atoms with Gasteiger partial charge in [0.1, 0.15) is 0 Å². The van der Waals surface area contributed by atoms with Gasteiger partial charge < -0.3 is 0 Å². The number of hydrogen-bond acceptors (Lipinski definition) is 4. The van der Waals surface area contributed by atoms with Gasteiger partial charge in [-0.05, 0) is 28.1 Å². The predicted octanol–water partition coefficient (Wildman–Crippen LogP) is 1.24. The number of sulfonamides is 1. The third-order valence-electron chi connectivity index (χ3n) is 1.34. The lowest BCUT2D eigenvalue weighted by Gasteiger charge is -1.98. The van der Waals surface area contributed by atoms with Gasteiger partial charge in [-0.3, -0.25) is 4.79 Å². The zero-order valence-electron chi connectivity index (χ0n) is 7.28. The van der Waals surface area contributed by atoms with Crippen molar-refractivity contribution in [2.45, 2.75) is 0 Å². The zero-order valence-corrected chi connectivity index (χ0v) is 10.5. The molecule has 0 saturated heterocycles. The van der Waals surface area contributed by atoms with Crippen LogP contribution < -0.4 is 4.72 Å². The molecular formula is C7H8BrNO3S2. The van der Waals surface area contributed by atoms with Crippen LogP contribution in [0.15, 0.2) is 15.9 Å². The number of halogens is 1. The van der Waals surface area contributed by atoms with E-state index < -0.39 is 10.0 Å². The Morgan fingerprint density at radius 1 is 1.57 bits per heavy atom. The Kier molecular flexibility index (Phi) is 3.82. The summed E-state index contributed by atoms with van der Waals surface area (Å²) in [4.78, 5) is 11.9. The summed E-state index contributed by atoms with van der Waals surface area (Å²) in [5, 5.41) is 0. The lowest BCUT2D eigenvalue weighted by Crippen LogP contribution is -2.28. The fourth-order valence-corrected chi connectivity index (χ4v) is 2.46. The molecule has 0 radical (unpaired) electrons. The SMILES string of the molecule is CS(=O)(=O)NCC(=O)c1ccc(Br)s1. The highest BCUT2D eigenvalue weighted by molar-refractivity contribution is 9.11. The predicted molar refractivity (Wildman–Crippen MR) is 59.2 cm³/mol. The molecule has 4 nitrogen and oxygen atoms in total. The van der Waals surface area contributed by atoms with E-state index in [1.807, 2.05) is 0 Å². The normalized spacial score (nSPS) is 11.6. The van der Waals surface area contributed by atoms with Crippen LogP contribution in [-0.4, -0.2) is 27.0 Å². The van der Waals surface area contributed by atoms with Gasteiger partial charge in [0.25, 0.3) is 0 Å². The van der Waals surface area contributed by atoms with Gasteiger partial charge in [0.15, 0.2) is 5.78 Å². The third kappa shape index (κ3) is 3.87. The minimum Gasteiger partial charge on any atom is -0.292 e. The van der Waals surface area contributed by atoms with Crippen molar-refractivity contribution in [1.82, 2.24) is 4.72 Å². The highest BCUT2D eigenvalue weighted by Gasteiger charge is 2.10. The van der Waals surface area contributed by atoms with E-state index in [1.54, 1.807) is 12.1 Å². The van der Waals surface area contributed by atoms with Crippen molar-refractivity contribution in [3.8, 4) is 0 Å². The molecule has 0 aliphatic rings. The quantitative estimate of drug-likeness (QED) is 0.851. The second-order valence-corrected chi connectivity index (χ2v) is 6.92. The number of nitrogens with one attached hydrogen (secondary N) is 1. The first kappa shape index (κ1) is 11.8. The molecule has 0 spiro atoms. The van der Waals surface area contributed by atoms with Crippen LogP contribution >= 0.6 is 27.3 Å². The Labute approximate surface area is 94.5 Å². The lowest BCUT2D eigenvalue weighted by molar-refractivity contribution is 0.100. The molecule has 14 heavy (non-hydrogen) atoms. The van der Waals surface area contributed by atoms with E-state index in [1.165, 1.54) is 11.3 Å². The zero-order chi connectivity index (χ0) is 10.8. The average Bonchev–Trinajstić information content (AvgIpc) is 2.46. The molecule has 1 aromatic rings. The number of ketones is 1. The summed E-state index contributed by atoms with van der Waals surface area (Å²) in [6, 6.07) is 3.40. The topological polar surface area (TPSA) is 63.2 Å². The first-order chi connectivity index (χ1) is 6.38. The molecule has 0 bridgehead atoms. The van der Waals surface area contributed by atoms with Gasteiger partial charge in [0, 0.05) is 0 Å². The number of hydrogen-bond donors (Lipinski definition) is 1. The summed E-state index contributed by atoms with van der Waals surface area (Å²) in [5.41, 5.74) is 0. The Bertz CT molecular complexity index is 438. The second kappa shape index (κ2) is 4.52. The Balaban J connectivity index is 2.60. The average molecular weight is 298 g/mol. The maximum absolute atomic E-state index is 11.4. The maximum atomic E-state index is 11.4. The molecule has 7 heteroatoms. The smallest absolute Gasteiger partial charge is 0.209 e. The molecule has 0 fully saturated rings. The number of carbonyl (C=O) groups is 1. The van der Waals surface area contributed by atoms with Crippen molar-refractivity contribution in [3.05, 3.63) is 20.8 Å². The first-order valence-corrected chi connectivity index (χ1v) is 7.12. The summed E-state index contributed by atoms with van der Waals surface area (Å²) < 4.78 is 24.4. The molecule has 0 unspecified atom stereocenters. The second-order valence-electron chi connectivity index (χ2n) is 2.62. The van der Waals surface area contributed by atoms with Gasteiger partial charge in [-0.15, -0.1) is 11.3 Å². The molecule has 0 amide bonds. The molecule has 78 valence electrons. The first-order valence-electron chi connectivity index (χ1n) is 3.61. The van der Waals surface area contributed by atoms with Crippen LogP contribution in [0.3, 0.4) is 0 Å². The largest absolute Gasteiger partial charge is 0.292 e. The van der Waals surface area contributed by atoms with Crippen molar-refractivity contribution in [2.24, 2.45) is 0 Å². The van der Waals surface area contributed by atoms with Crippen molar-refractivity contribution in [1.29, 1.82) is 0 Å². The van der Waals surface area contributed by atoms with Gasteiger partial charge in [0.2, 0.25) is 10.0 Å². The van der Waals surface area contributed by atoms with E-state index in [4.69, 9.17) is 0 Å². The van der Waals surface area contributed by atoms with E-state index >= 15 is 0 Å². The standard InChI is InChI=1S/C7H8BrNO3S2/c1-14(11,12)9-4-5(10)6-2-3-7(8)13-6/h2-3,9H,4H2,1H3. The van der Waals surface area contributed by atoms with Crippen LogP contribution in [0, 0.1) is 0 Å². The third-order valence-corrected chi connectivity index (χ3v) is 3.68. The molecule has 0 saturated carbocycles. The highest BCUT2D eigenvalue weighted by Crippen LogP contribution is 2.22. The molecule has 0 aliphatic heterocycles. The van der Waals surface area contributed by atoms with E-state index in [0.717, 1.165) is 10.0 Å². The van der Waals surface area contributed by atoms with Gasteiger partial charge in [-0.25, -0.2) is 13.1 Å². The monoisotopic (exact) mass is 297 g/mol. The fraction of sp³-hybridized carbons (Fsp3) is 0.286. The lowest BCUT2D eigenvalue weighted by atomic mass is 10.3. The van der Waals surface area contributed by atoms with Crippen molar-refractivity contribution < 1.29 is 13.2 Å². The Morgan fingerprint density at radius 3 is 2.64 bits per heavy atom. The van der Waals surface area contributed by atoms with E-state index in [2.05, 4.69) is 20.7 Å². The van der Waals surface area contributed by atoms with Crippen molar-refractivity contribution in [2.75, 3.05) is 12.8 Å². The molecule has 0 atom stereocenters. The number of carbonyl (C=O) groups excluding carboxylic acids is 1. The fourth-order valence-electron chi connectivity index (χ4n) is 0.748. The molecule has 1 aromatic heterocycles. The van der Waals surface area contributed by atoms with Gasteiger partial charge >= 0.3 is 0 Å². The van der Waals surface area contributed by atoms with Crippen LogP contribution in [-0.2, 0) is 10.0 Å². The number of thiophene rings is 1. The highest BCUT2D eigenvalue weighted by atomic mass is 79.9. The summed E-state index contributed by atoms with van der Waals surface area (Å²) in [7, 11) is -3.30. The van der Waals surface area contributed by atoms with Crippen molar-refractivity contribution in [3.63, 3.8) is 0 Å². The molecule has 1 N–H and O–H groups in total. The molecule has 0 aliphatic carbocycles. The summed E-state index contributed by atoms with van der Waals surface area (Å²) in [6.45, 7) is -0.189. The summed E-state index contributed by atoms with van der Waals surface area (Å²) >= 11 is 4.50. The summed E-state index contributed by atoms with van der Waals surface area (Å²) in [5.74, 6) is -0.230.